The molecule has 0 radical (unpaired) electrons. The summed E-state index contributed by atoms with van der Waals surface area (Å²) in [4.78, 5) is 13.8. The van der Waals surface area contributed by atoms with Gasteiger partial charge in [-0.15, -0.1) is 0 Å². The van der Waals surface area contributed by atoms with Crippen molar-refractivity contribution in [2.24, 2.45) is 0 Å². The molecule has 1 aromatic carbocycles. The van der Waals surface area contributed by atoms with Crippen molar-refractivity contribution in [1.29, 1.82) is 0 Å². The number of amides is 2. The van der Waals surface area contributed by atoms with E-state index >= 15 is 0 Å². The molecule has 2 rings (SSSR count). The molecule has 1 saturated heterocycles. The molecule has 0 aromatic heterocycles. The number of hydrogen-bond acceptors (Lipinski definition) is 3. The van der Waals surface area contributed by atoms with Crippen LogP contribution in [-0.4, -0.2) is 55.9 Å². The highest BCUT2D eigenvalue weighted by Gasteiger charge is 2.27. The van der Waals surface area contributed by atoms with Crippen molar-refractivity contribution in [3.05, 3.63) is 35.4 Å². The second kappa shape index (κ2) is 7.98. The third-order valence-corrected chi connectivity index (χ3v) is 5.97. The second-order valence-electron chi connectivity index (χ2n) is 6.53. The van der Waals surface area contributed by atoms with E-state index in [1.54, 1.807) is 4.90 Å². The number of urea groups is 1. The van der Waals surface area contributed by atoms with Crippen LogP contribution in [0.3, 0.4) is 0 Å². The monoisotopic (exact) mass is 353 g/mol. The Kier molecular flexibility index (Phi) is 6.23. The van der Waals surface area contributed by atoms with Crippen molar-refractivity contribution in [2.75, 3.05) is 26.2 Å². The Bertz CT molecular complexity index is 673. The van der Waals surface area contributed by atoms with E-state index in [9.17, 15) is 13.2 Å². The number of nitrogens with one attached hydrogen (secondary N) is 1. The lowest BCUT2D eigenvalue weighted by molar-refractivity contribution is 0.198. The highest BCUT2D eigenvalue weighted by Crippen LogP contribution is 2.16. The number of carbonyl (C=O) groups is 1. The molecular weight excluding hydrogens is 326 g/mol. The summed E-state index contributed by atoms with van der Waals surface area (Å²) in [6.07, 6.45) is 0.651. The largest absolute Gasteiger partial charge is 0.336 e. The van der Waals surface area contributed by atoms with E-state index in [0.717, 1.165) is 11.1 Å². The van der Waals surface area contributed by atoms with Gasteiger partial charge in [-0.1, -0.05) is 24.3 Å². The Hall–Kier alpha value is -1.60. The summed E-state index contributed by atoms with van der Waals surface area (Å²) in [7, 11) is -3.38. The maximum absolute atomic E-state index is 12.7. The molecule has 0 spiro atoms. The summed E-state index contributed by atoms with van der Waals surface area (Å²) in [5.74, 6) is 0.0118. The van der Waals surface area contributed by atoms with E-state index in [1.165, 1.54) is 4.31 Å². The number of carbonyl (C=O) groups excluding carboxylic acids is 1. The summed E-state index contributed by atoms with van der Waals surface area (Å²) in [5, 5.41) is 2.86. The van der Waals surface area contributed by atoms with Gasteiger partial charge in [0.05, 0.1) is 5.75 Å². The fourth-order valence-corrected chi connectivity index (χ4v) is 4.44. The molecule has 7 heteroatoms. The molecule has 0 saturated carbocycles. The number of nitrogens with zero attached hydrogens (tertiary/aromatic N) is 2. The Morgan fingerprint density at radius 2 is 1.88 bits per heavy atom. The van der Waals surface area contributed by atoms with Crippen molar-refractivity contribution < 1.29 is 13.2 Å². The van der Waals surface area contributed by atoms with E-state index in [0.29, 0.717) is 32.6 Å². The Balaban J connectivity index is 2.02. The summed E-state index contributed by atoms with van der Waals surface area (Å²) in [6, 6.07) is 7.49. The van der Waals surface area contributed by atoms with Gasteiger partial charge in [-0.2, -0.15) is 4.31 Å². The summed E-state index contributed by atoms with van der Waals surface area (Å²) in [6.45, 7) is 7.55. The van der Waals surface area contributed by atoms with Crippen molar-refractivity contribution in [2.45, 2.75) is 39.0 Å². The molecule has 24 heavy (non-hydrogen) atoms. The predicted molar refractivity (Wildman–Crippen MR) is 95.2 cm³/mol. The fraction of sp³-hybridized carbons (Fsp3) is 0.588. The van der Waals surface area contributed by atoms with Crippen LogP contribution >= 0.6 is 0 Å². The van der Waals surface area contributed by atoms with Gasteiger partial charge in [0.25, 0.3) is 0 Å². The van der Waals surface area contributed by atoms with Crippen LogP contribution in [0.15, 0.2) is 24.3 Å². The average Bonchev–Trinajstić information content (AvgIpc) is 2.75. The first-order valence-electron chi connectivity index (χ1n) is 8.37. The van der Waals surface area contributed by atoms with Crippen LogP contribution in [0.1, 0.15) is 31.4 Å². The first-order valence-corrected chi connectivity index (χ1v) is 9.98. The molecule has 1 N–H and O–H groups in total. The first-order chi connectivity index (χ1) is 11.3. The van der Waals surface area contributed by atoms with E-state index in [2.05, 4.69) is 5.32 Å². The molecule has 1 fully saturated rings. The number of sulfonamides is 1. The van der Waals surface area contributed by atoms with Gasteiger partial charge in [0.2, 0.25) is 10.0 Å². The van der Waals surface area contributed by atoms with Crippen LogP contribution in [0.25, 0.3) is 0 Å². The van der Waals surface area contributed by atoms with E-state index < -0.39 is 10.0 Å². The number of aryl methyl sites for hydroxylation is 1. The van der Waals surface area contributed by atoms with Gasteiger partial charge in [-0.25, -0.2) is 13.2 Å². The Morgan fingerprint density at radius 1 is 1.17 bits per heavy atom. The third kappa shape index (κ3) is 4.95. The normalized spacial score (nSPS) is 16.9. The fourth-order valence-electron chi connectivity index (χ4n) is 2.77. The number of rotatable bonds is 4. The van der Waals surface area contributed by atoms with Crippen molar-refractivity contribution >= 4 is 16.1 Å². The van der Waals surface area contributed by atoms with E-state index in [4.69, 9.17) is 0 Å². The van der Waals surface area contributed by atoms with E-state index in [1.807, 2.05) is 45.0 Å². The smallest absolute Gasteiger partial charge is 0.317 e. The van der Waals surface area contributed by atoms with Crippen LogP contribution in [-0.2, 0) is 15.8 Å². The molecule has 1 heterocycles. The standard InChI is InChI=1S/C17H27N3O3S/c1-14(2)18-17(21)19-9-6-10-20(12-11-19)24(22,23)13-16-8-5-4-7-15(16)3/h4-5,7-8,14H,6,9-13H2,1-3H3,(H,18,21). The van der Waals surface area contributed by atoms with Crippen LogP contribution in [0.5, 0.6) is 0 Å². The number of hydrogen-bond donors (Lipinski definition) is 1. The molecule has 134 valence electrons. The maximum atomic E-state index is 12.7. The van der Waals surface area contributed by atoms with Gasteiger partial charge in [0, 0.05) is 32.2 Å². The SMILES string of the molecule is Cc1ccccc1CS(=O)(=O)N1CCCN(C(=O)NC(C)C)CC1. The third-order valence-electron chi connectivity index (χ3n) is 4.15. The zero-order valence-electron chi connectivity index (χ0n) is 14.7. The highest BCUT2D eigenvalue weighted by molar-refractivity contribution is 7.88. The van der Waals surface area contributed by atoms with Gasteiger partial charge >= 0.3 is 6.03 Å². The zero-order valence-corrected chi connectivity index (χ0v) is 15.5. The molecule has 6 nitrogen and oxygen atoms in total. The van der Waals surface area contributed by atoms with Gasteiger partial charge in [-0.3, -0.25) is 0 Å². The van der Waals surface area contributed by atoms with Gasteiger partial charge in [-0.05, 0) is 38.3 Å². The molecule has 2 amide bonds. The quantitative estimate of drug-likeness (QED) is 0.899. The van der Waals surface area contributed by atoms with Crippen LogP contribution in [0.2, 0.25) is 0 Å². The number of benzene rings is 1. The summed E-state index contributed by atoms with van der Waals surface area (Å²) < 4.78 is 27.0. The second-order valence-corrected chi connectivity index (χ2v) is 8.50. The average molecular weight is 353 g/mol. The minimum atomic E-state index is -3.38. The van der Waals surface area contributed by atoms with Crippen LogP contribution in [0, 0.1) is 6.92 Å². The molecular formula is C17H27N3O3S. The Morgan fingerprint density at radius 3 is 2.54 bits per heavy atom. The lowest BCUT2D eigenvalue weighted by Gasteiger charge is -2.23. The van der Waals surface area contributed by atoms with E-state index in [-0.39, 0.29) is 17.8 Å². The summed E-state index contributed by atoms with van der Waals surface area (Å²) >= 11 is 0. The van der Waals surface area contributed by atoms with Crippen LogP contribution in [0.4, 0.5) is 4.79 Å². The van der Waals surface area contributed by atoms with Gasteiger partial charge in [0.1, 0.15) is 0 Å². The summed E-state index contributed by atoms with van der Waals surface area (Å²) in [5.41, 5.74) is 1.81. The molecule has 1 aromatic rings. The highest BCUT2D eigenvalue weighted by atomic mass is 32.2. The zero-order chi connectivity index (χ0) is 17.7. The van der Waals surface area contributed by atoms with Gasteiger partial charge < -0.3 is 10.2 Å². The molecule has 1 aliphatic rings. The topological polar surface area (TPSA) is 69.7 Å². The molecule has 0 unspecified atom stereocenters. The minimum Gasteiger partial charge on any atom is -0.336 e. The Labute approximate surface area is 144 Å². The van der Waals surface area contributed by atoms with Crippen molar-refractivity contribution in [3.63, 3.8) is 0 Å². The lowest BCUT2D eigenvalue weighted by Crippen LogP contribution is -2.44. The predicted octanol–water partition coefficient (Wildman–Crippen LogP) is 1.95. The molecule has 0 aliphatic carbocycles. The molecule has 1 aliphatic heterocycles. The van der Waals surface area contributed by atoms with Crippen molar-refractivity contribution in [1.82, 2.24) is 14.5 Å². The van der Waals surface area contributed by atoms with Crippen LogP contribution < -0.4 is 5.32 Å². The molecule has 0 atom stereocenters. The van der Waals surface area contributed by atoms with Crippen molar-refractivity contribution in [3.8, 4) is 0 Å². The lowest BCUT2D eigenvalue weighted by atomic mass is 10.1. The van der Waals surface area contributed by atoms with Gasteiger partial charge in [0.15, 0.2) is 0 Å². The molecule has 0 bridgehead atoms. The maximum Gasteiger partial charge on any atom is 0.317 e. The minimum absolute atomic E-state index is 0.0118. The first kappa shape index (κ1) is 18.7.